The first-order chi connectivity index (χ1) is 14.5. The van der Waals surface area contributed by atoms with E-state index in [4.69, 9.17) is 4.98 Å². The van der Waals surface area contributed by atoms with Crippen LogP contribution in [-0.2, 0) is 13.0 Å². The van der Waals surface area contributed by atoms with E-state index in [9.17, 15) is 4.39 Å². The second-order valence-corrected chi connectivity index (χ2v) is 11.5. The van der Waals surface area contributed by atoms with E-state index in [2.05, 4.69) is 27.5 Å². The van der Waals surface area contributed by atoms with Gasteiger partial charge in [0.05, 0.1) is 22.4 Å². The molecular formula is C23H31FN4S2. The highest BCUT2D eigenvalue weighted by molar-refractivity contribution is 7.98. The van der Waals surface area contributed by atoms with Crippen LogP contribution in [0.25, 0.3) is 0 Å². The second kappa shape index (κ2) is 8.41. The van der Waals surface area contributed by atoms with E-state index in [0.29, 0.717) is 6.04 Å². The molecule has 0 N–H and O–H groups in total. The molecule has 2 aromatic rings. The van der Waals surface area contributed by atoms with E-state index in [1.54, 1.807) is 18.2 Å². The summed E-state index contributed by atoms with van der Waals surface area (Å²) in [5.41, 5.74) is 4.37. The average molecular weight is 447 g/mol. The van der Waals surface area contributed by atoms with Crippen molar-refractivity contribution in [3.05, 3.63) is 46.2 Å². The van der Waals surface area contributed by atoms with Gasteiger partial charge in [0, 0.05) is 42.7 Å². The summed E-state index contributed by atoms with van der Waals surface area (Å²) in [6, 6.07) is 7.53. The largest absolute Gasteiger partial charge is 0.296 e. The van der Waals surface area contributed by atoms with Crippen LogP contribution >= 0.6 is 23.5 Å². The van der Waals surface area contributed by atoms with E-state index >= 15 is 0 Å². The third kappa shape index (κ3) is 4.01. The predicted molar refractivity (Wildman–Crippen MR) is 124 cm³/mol. The lowest BCUT2D eigenvalue weighted by atomic mass is 9.82. The second-order valence-electron chi connectivity index (χ2n) is 9.36. The third-order valence-corrected chi connectivity index (χ3v) is 9.22. The smallest absolute Gasteiger partial charge is 0.125 e. The fraction of sp³-hybridized carbons (Fsp3) is 0.609. The molecule has 1 aromatic carbocycles. The zero-order valence-electron chi connectivity index (χ0n) is 17.9. The molecule has 7 heteroatoms. The molecule has 1 spiro atoms. The first kappa shape index (κ1) is 20.7. The van der Waals surface area contributed by atoms with Crippen LogP contribution < -0.4 is 4.31 Å². The van der Waals surface area contributed by atoms with Crippen LogP contribution in [0, 0.1) is 11.7 Å². The molecule has 0 bridgehead atoms. The minimum Gasteiger partial charge on any atom is -0.296 e. The van der Waals surface area contributed by atoms with E-state index in [0.717, 1.165) is 44.1 Å². The van der Waals surface area contributed by atoms with Gasteiger partial charge >= 0.3 is 0 Å². The Hall–Kier alpha value is -1.15. The highest BCUT2D eigenvalue weighted by atomic mass is 32.2. The third-order valence-electron chi connectivity index (χ3n) is 7.15. The molecule has 2 aliphatic heterocycles. The van der Waals surface area contributed by atoms with Crippen LogP contribution in [0.2, 0.25) is 0 Å². The summed E-state index contributed by atoms with van der Waals surface area (Å²) in [5.74, 6) is 0.725. The van der Waals surface area contributed by atoms with Crippen LogP contribution in [0.3, 0.4) is 0 Å². The molecule has 3 heterocycles. The number of nitrogens with zero attached hydrogens (tertiary/aromatic N) is 4. The summed E-state index contributed by atoms with van der Waals surface area (Å²) >= 11 is 3.57. The van der Waals surface area contributed by atoms with Crippen molar-refractivity contribution in [2.45, 2.75) is 63.6 Å². The molecule has 2 atom stereocenters. The number of benzene rings is 1. The maximum absolute atomic E-state index is 13.9. The number of halogens is 1. The lowest BCUT2D eigenvalue weighted by molar-refractivity contribution is 0.0990. The zero-order valence-corrected chi connectivity index (χ0v) is 19.5. The van der Waals surface area contributed by atoms with Crippen molar-refractivity contribution >= 4 is 29.2 Å². The Morgan fingerprint density at radius 2 is 2.17 bits per heavy atom. The number of likely N-dealkylation sites (tertiary alicyclic amines) is 1. The summed E-state index contributed by atoms with van der Waals surface area (Å²) in [7, 11) is 2.14. The van der Waals surface area contributed by atoms with Crippen molar-refractivity contribution in [3.63, 3.8) is 0 Å². The van der Waals surface area contributed by atoms with Gasteiger partial charge in [-0.05, 0) is 57.4 Å². The number of rotatable bonds is 5. The lowest BCUT2D eigenvalue weighted by Gasteiger charge is -2.47. The van der Waals surface area contributed by atoms with Crippen molar-refractivity contribution in [2.75, 3.05) is 24.4 Å². The quantitative estimate of drug-likeness (QED) is 0.575. The van der Waals surface area contributed by atoms with E-state index < -0.39 is 0 Å². The van der Waals surface area contributed by atoms with Gasteiger partial charge in [-0.2, -0.15) is 0 Å². The average Bonchev–Trinajstić information content (AvgIpc) is 3.24. The first-order valence-electron chi connectivity index (χ1n) is 11.1. The summed E-state index contributed by atoms with van der Waals surface area (Å²) in [5, 5.41) is 0. The van der Waals surface area contributed by atoms with Crippen molar-refractivity contribution in [1.29, 1.82) is 0 Å². The Kier molecular flexibility index (Phi) is 5.82. The molecule has 1 aromatic heterocycles. The lowest BCUT2D eigenvalue weighted by Crippen LogP contribution is -2.56. The van der Waals surface area contributed by atoms with Crippen molar-refractivity contribution in [3.8, 4) is 0 Å². The number of thiazole rings is 1. The first-order valence-corrected chi connectivity index (χ1v) is 12.7. The molecule has 1 saturated carbocycles. The van der Waals surface area contributed by atoms with Crippen LogP contribution in [0.4, 0.5) is 10.1 Å². The Morgan fingerprint density at radius 1 is 1.30 bits per heavy atom. The normalized spacial score (nSPS) is 28.4. The Morgan fingerprint density at radius 3 is 2.90 bits per heavy atom. The van der Waals surface area contributed by atoms with Crippen LogP contribution in [-0.4, -0.2) is 45.9 Å². The Labute approximate surface area is 187 Å². The van der Waals surface area contributed by atoms with Gasteiger partial charge < -0.3 is 0 Å². The SMILES string of the molecule is C[C@H]1C[C@]2(CCN1Cc1ncsc1CC1CCC1)CN(C)SN2c1cccc(F)c1. The van der Waals surface area contributed by atoms with Crippen molar-refractivity contribution in [1.82, 2.24) is 14.2 Å². The van der Waals surface area contributed by atoms with Gasteiger partial charge in [0.2, 0.25) is 0 Å². The van der Waals surface area contributed by atoms with Gasteiger partial charge in [0.15, 0.2) is 0 Å². The maximum atomic E-state index is 13.9. The van der Waals surface area contributed by atoms with Crippen LogP contribution in [0.1, 0.15) is 49.6 Å². The molecule has 4 nitrogen and oxygen atoms in total. The molecule has 162 valence electrons. The summed E-state index contributed by atoms with van der Waals surface area (Å²) in [4.78, 5) is 8.85. The minimum atomic E-state index is -0.161. The highest BCUT2D eigenvalue weighted by Gasteiger charge is 2.49. The fourth-order valence-electron chi connectivity index (χ4n) is 5.31. The number of piperidine rings is 1. The van der Waals surface area contributed by atoms with E-state index in [1.807, 2.05) is 29.0 Å². The molecule has 0 amide bonds. The number of likely N-dealkylation sites (N-methyl/N-ethyl adjacent to an activating group) is 1. The van der Waals surface area contributed by atoms with Gasteiger partial charge in [-0.3, -0.25) is 9.21 Å². The van der Waals surface area contributed by atoms with Crippen molar-refractivity contribution < 1.29 is 4.39 Å². The van der Waals surface area contributed by atoms with Crippen LogP contribution in [0.15, 0.2) is 29.8 Å². The molecule has 3 fully saturated rings. The highest BCUT2D eigenvalue weighted by Crippen LogP contribution is 2.47. The number of aromatic nitrogens is 1. The molecule has 2 saturated heterocycles. The summed E-state index contributed by atoms with van der Waals surface area (Å²) in [6.45, 7) is 5.38. The molecule has 1 aliphatic carbocycles. The maximum Gasteiger partial charge on any atom is 0.125 e. The standard InChI is InChI=1S/C23H31FN4S2/c1-17-13-23(15-26(2)30-28(23)20-8-4-7-19(24)12-20)9-10-27(17)14-21-22(29-16-25-21)11-18-5-3-6-18/h4,7-8,12,16-18H,3,5-6,9-11,13-15H2,1-2H3/t17-,23+/m0/s1. The topological polar surface area (TPSA) is 22.6 Å². The Balaban J connectivity index is 1.29. The van der Waals surface area contributed by atoms with Crippen LogP contribution in [0.5, 0.6) is 0 Å². The summed E-state index contributed by atoms with van der Waals surface area (Å²) < 4.78 is 18.6. The summed E-state index contributed by atoms with van der Waals surface area (Å²) in [6.07, 6.45) is 7.58. The minimum absolute atomic E-state index is 0.0555. The monoisotopic (exact) mass is 446 g/mol. The fourth-order valence-corrected chi connectivity index (χ4v) is 7.39. The number of anilines is 1. The van der Waals surface area contributed by atoms with E-state index in [-0.39, 0.29) is 11.4 Å². The van der Waals surface area contributed by atoms with Gasteiger partial charge in [0.1, 0.15) is 5.82 Å². The van der Waals surface area contributed by atoms with Gasteiger partial charge in [-0.1, -0.05) is 25.3 Å². The molecule has 0 unspecified atom stereocenters. The van der Waals surface area contributed by atoms with Gasteiger partial charge in [-0.25, -0.2) is 13.7 Å². The molecule has 5 rings (SSSR count). The predicted octanol–water partition coefficient (Wildman–Crippen LogP) is 5.36. The molecule has 0 radical (unpaired) electrons. The van der Waals surface area contributed by atoms with Crippen molar-refractivity contribution in [2.24, 2.45) is 5.92 Å². The molecule has 30 heavy (non-hydrogen) atoms. The van der Waals surface area contributed by atoms with Gasteiger partial charge in [0.25, 0.3) is 0 Å². The molecule has 3 aliphatic rings. The number of hydrogen-bond acceptors (Lipinski definition) is 6. The van der Waals surface area contributed by atoms with Gasteiger partial charge in [-0.15, -0.1) is 11.3 Å². The zero-order chi connectivity index (χ0) is 20.7. The van der Waals surface area contributed by atoms with E-state index in [1.165, 1.54) is 42.3 Å². The Bertz CT molecular complexity index is 886. The molecular weight excluding hydrogens is 415 g/mol. The number of hydrogen-bond donors (Lipinski definition) is 0.